The zero-order valence-electron chi connectivity index (χ0n) is 13.0. The Labute approximate surface area is 126 Å². The van der Waals surface area contributed by atoms with Gasteiger partial charge in [0.1, 0.15) is 17.9 Å². The fourth-order valence-electron chi connectivity index (χ4n) is 2.06. The van der Waals surface area contributed by atoms with E-state index in [1.165, 1.54) is 0 Å². The molecular weight excluding hydrogens is 270 g/mol. The molecule has 5 heteroatoms. The van der Waals surface area contributed by atoms with E-state index in [9.17, 15) is 4.79 Å². The van der Waals surface area contributed by atoms with Crippen molar-refractivity contribution in [1.29, 1.82) is 0 Å². The number of nitrogens with zero attached hydrogens (tertiary/aromatic N) is 1. The highest BCUT2D eigenvalue weighted by Gasteiger charge is 2.13. The average Bonchev–Trinajstić information content (AvgIpc) is 2.50. The number of rotatable bonds is 10. The molecule has 21 heavy (non-hydrogen) atoms. The van der Waals surface area contributed by atoms with Gasteiger partial charge in [-0.2, -0.15) is 0 Å². The zero-order chi connectivity index (χ0) is 15.7. The van der Waals surface area contributed by atoms with E-state index < -0.39 is 5.97 Å². The molecule has 1 aromatic rings. The molecule has 0 fully saturated rings. The first kappa shape index (κ1) is 17.5. The van der Waals surface area contributed by atoms with E-state index in [0.717, 1.165) is 19.5 Å². The zero-order valence-corrected chi connectivity index (χ0v) is 13.0. The second-order valence-corrected chi connectivity index (χ2v) is 4.94. The van der Waals surface area contributed by atoms with Crippen molar-refractivity contribution in [3.63, 3.8) is 0 Å². The quantitative estimate of drug-likeness (QED) is 0.718. The largest absolute Gasteiger partial charge is 0.491 e. The smallest absolute Gasteiger partial charge is 0.339 e. The van der Waals surface area contributed by atoms with Crippen LogP contribution in [0.1, 0.15) is 30.6 Å². The van der Waals surface area contributed by atoms with E-state index in [2.05, 4.69) is 18.7 Å². The number of hydrogen-bond acceptors (Lipinski definition) is 4. The topological polar surface area (TPSA) is 59.0 Å². The number of carbonyl (C=O) groups is 1. The van der Waals surface area contributed by atoms with Crippen molar-refractivity contribution < 1.29 is 19.4 Å². The van der Waals surface area contributed by atoms with Crippen molar-refractivity contribution in [2.75, 3.05) is 33.4 Å². The summed E-state index contributed by atoms with van der Waals surface area (Å²) in [6, 6.07) is 7.15. The molecule has 0 aliphatic heterocycles. The molecule has 0 saturated heterocycles. The number of carboxylic acid groups (broad SMARTS) is 1. The molecule has 0 aliphatic rings. The summed E-state index contributed by atoms with van der Waals surface area (Å²) in [7, 11) is 1.69. The minimum atomic E-state index is -0.969. The Balaban J connectivity index is 2.55. The number of methoxy groups -OCH3 is 1. The van der Waals surface area contributed by atoms with E-state index in [0.29, 0.717) is 25.0 Å². The highest BCUT2D eigenvalue weighted by molar-refractivity contribution is 5.90. The average molecular weight is 295 g/mol. The predicted molar refractivity (Wildman–Crippen MR) is 82.1 cm³/mol. The van der Waals surface area contributed by atoms with Gasteiger partial charge in [-0.25, -0.2) is 4.79 Å². The fourth-order valence-corrected chi connectivity index (χ4v) is 2.06. The molecule has 1 rings (SSSR count). The Morgan fingerprint density at radius 1 is 1.29 bits per heavy atom. The molecule has 0 aliphatic carbocycles. The van der Waals surface area contributed by atoms with Gasteiger partial charge in [-0.05, 0) is 25.5 Å². The third kappa shape index (κ3) is 5.73. The minimum absolute atomic E-state index is 0.199. The van der Waals surface area contributed by atoms with Crippen LogP contribution in [0, 0.1) is 0 Å². The molecule has 0 heterocycles. The lowest BCUT2D eigenvalue weighted by molar-refractivity contribution is 0.0690. The predicted octanol–water partition coefficient (Wildman–Crippen LogP) is 2.51. The standard InChI is InChI=1S/C16H25NO4/c1-4-13(2)17(9-11-20-3)10-12-21-15-8-6-5-7-14(15)16(18)19/h5-8,13H,4,9-12H2,1-3H3,(H,18,19). The molecule has 0 aromatic heterocycles. The minimum Gasteiger partial charge on any atom is -0.491 e. The summed E-state index contributed by atoms with van der Waals surface area (Å²) in [6.07, 6.45) is 1.05. The van der Waals surface area contributed by atoms with Gasteiger partial charge in [0.15, 0.2) is 0 Å². The van der Waals surface area contributed by atoms with E-state index in [-0.39, 0.29) is 5.56 Å². The number of benzene rings is 1. The van der Waals surface area contributed by atoms with Gasteiger partial charge in [0, 0.05) is 26.2 Å². The first-order valence-corrected chi connectivity index (χ1v) is 7.28. The Hall–Kier alpha value is -1.59. The van der Waals surface area contributed by atoms with Crippen LogP contribution >= 0.6 is 0 Å². The highest BCUT2D eigenvalue weighted by Crippen LogP contribution is 2.17. The monoisotopic (exact) mass is 295 g/mol. The van der Waals surface area contributed by atoms with Crippen LogP contribution in [0.2, 0.25) is 0 Å². The molecule has 0 saturated carbocycles. The lowest BCUT2D eigenvalue weighted by Gasteiger charge is -2.28. The Kier molecular flexibility index (Phi) is 7.79. The third-order valence-corrected chi connectivity index (χ3v) is 3.55. The molecule has 1 unspecified atom stereocenters. The highest BCUT2D eigenvalue weighted by atomic mass is 16.5. The number of para-hydroxylation sites is 1. The van der Waals surface area contributed by atoms with Crippen LogP contribution < -0.4 is 4.74 Å². The van der Waals surface area contributed by atoms with E-state index in [1.807, 2.05) is 0 Å². The Morgan fingerprint density at radius 3 is 2.57 bits per heavy atom. The van der Waals surface area contributed by atoms with Crippen molar-refractivity contribution >= 4 is 5.97 Å². The van der Waals surface area contributed by atoms with Gasteiger partial charge >= 0.3 is 5.97 Å². The summed E-state index contributed by atoms with van der Waals surface area (Å²) in [6.45, 7) is 7.03. The summed E-state index contributed by atoms with van der Waals surface area (Å²) in [5.74, 6) is -0.551. The van der Waals surface area contributed by atoms with E-state index in [1.54, 1.807) is 31.4 Å². The fraction of sp³-hybridized carbons (Fsp3) is 0.562. The Bertz CT molecular complexity index is 436. The van der Waals surface area contributed by atoms with Crippen LogP contribution in [0.3, 0.4) is 0 Å². The van der Waals surface area contributed by atoms with Crippen molar-refractivity contribution in [1.82, 2.24) is 4.90 Å². The van der Waals surface area contributed by atoms with Crippen molar-refractivity contribution in [3.05, 3.63) is 29.8 Å². The first-order valence-electron chi connectivity index (χ1n) is 7.28. The second kappa shape index (κ2) is 9.37. The van der Waals surface area contributed by atoms with Crippen LogP contribution in [0.4, 0.5) is 0 Å². The lowest BCUT2D eigenvalue weighted by Crippen LogP contribution is -2.38. The number of carboxylic acids is 1. The summed E-state index contributed by atoms with van der Waals surface area (Å²) < 4.78 is 10.8. The molecule has 0 radical (unpaired) electrons. The molecule has 5 nitrogen and oxygen atoms in total. The summed E-state index contributed by atoms with van der Waals surface area (Å²) in [4.78, 5) is 13.4. The Morgan fingerprint density at radius 2 is 1.95 bits per heavy atom. The van der Waals surface area contributed by atoms with Crippen LogP contribution in [0.15, 0.2) is 24.3 Å². The molecule has 0 amide bonds. The summed E-state index contributed by atoms with van der Waals surface area (Å²) in [5.41, 5.74) is 0.199. The van der Waals surface area contributed by atoms with Crippen molar-refractivity contribution in [2.24, 2.45) is 0 Å². The second-order valence-electron chi connectivity index (χ2n) is 4.94. The maximum absolute atomic E-state index is 11.1. The van der Waals surface area contributed by atoms with Crippen LogP contribution in [0.25, 0.3) is 0 Å². The molecule has 0 bridgehead atoms. The lowest BCUT2D eigenvalue weighted by atomic mass is 10.2. The first-order chi connectivity index (χ1) is 10.1. The van der Waals surface area contributed by atoms with Crippen molar-refractivity contribution in [2.45, 2.75) is 26.3 Å². The van der Waals surface area contributed by atoms with Gasteiger partial charge in [0.2, 0.25) is 0 Å². The van der Waals surface area contributed by atoms with Crippen LogP contribution in [-0.2, 0) is 4.74 Å². The van der Waals surface area contributed by atoms with Crippen LogP contribution in [-0.4, -0.2) is 55.4 Å². The van der Waals surface area contributed by atoms with Gasteiger partial charge in [0.25, 0.3) is 0 Å². The van der Waals surface area contributed by atoms with Crippen molar-refractivity contribution in [3.8, 4) is 5.75 Å². The molecule has 0 spiro atoms. The van der Waals surface area contributed by atoms with Gasteiger partial charge in [-0.1, -0.05) is 19.1 Å². The van der Waals surface area contributed by atoms with E-state index >= 15 is 0 Å². The maximum Gasteiger partial charge on any atom is 0.339 e. The van der Waals surface area contributed by atoms with Gasteiger partial charge in [-0.3, -0.25) is 4.90 Å². The third-order valence-electron chi connectivity index (χ3n) is 3.55. The van der Waals surface area contributed by atoms with Crippen LogP contribution in [0.5, 0.6) is 5.75 Å². The summed E-state index contributed by atoms with van der Waals surface area (Å²) in [5, 5.41) is 9.11. The normalized spacial score (nSPS) is 12.4. The molecular formula is C16H25NO4. The molecule has 1 atom stereocenters. The molecule has 1 aromatic carbocycles. The molecule has 1 N–H and O–H groups in total. The number of ether oxygens (including phenoxy) is 2. The molecule has 118 valence electrons. The SMILES string of the molecule is CCC(C)N(CCOC)CCOc1ccccc1C(=O)O. The number of hydrogen-bond donors (Lipinski definition) is 1. The number of aromatic carboxylic acids is 1. The maximum atomic E-state index is 11.1. The van der Waals surface area contributed by atoms with Gasteiger partial charge < -0.3 is 14.6 Å². The van der Waals surface area contributed by atoms with Gasteiger partial charge in [-0.15, -0.1) is 0 Å². The summed E-state index contributed by atoms with van der Waals surface area (Å²) >= 11 is 0. The van der Waals surface area contributed by atoms with Gasteiger partial charge in [0.05, 0.1) is 6.61 Å². The van der Waals surface area contributed by atoms with E-state index in [4.69, 9.17) is 14.6 Å².